The summed E-state index contributed by atoms with van der Waals surface area (Å²) in [6, 6.07) is 5.04. The molecule has 0 aliphatic carbocycles. The van der Waals surface area contributed by atoms with Crippen molar-refractivity contribution in [3.8, 4) is 0 Å². The van der Waals surface area contributed by atoms with Gasteiger partial charge >= 0.3 is 5.97 Å². The highest BCUT2D eigenvalue weighted by molar-refractivity contribution is 5.75. The van der Waals surface area contributed by atoms with Gasteiger partial charge in [0.2, 0.25) is 6.04 Å². The largest absolute Gasteiger partial charge is 0.480 e. The Morgan fingerprint density at radius 2 is 1.96 bits per heavy atom. The van der Waals surface area contributed by atoms with Gasteiger partial charge in [0.25, 0.3) is 0 Å². The normalized spacial score (nSPS) is 27.8. The molecule has 6 nitrogen and oxygen atoms in total. The Kier molecular flexibility index (Phi) is 4.75. The van der Waals surface area contributed by atoms with E-state index in [0.29, 0.717) is 0 Å². The monoisotopic (exact) mass is 320 g/mol. The Hall–Kier alpha value is -1.95. The van der Waals surface area contributed by atoms with Crippen LogP contribution in [0, 0.1) is 21.4 Å². The number of carbonyl (C=O) groups is 1. The minimum Gasteiger partial charge on any atom is -0.480 e. The highest BCUT2D eigenvalue weighted by atomic mass is 16.6. The molecule has 0 radical (unpaired) electrons. The summed E-state index contributed by atoms with van der Waals surface area (Å²) in [6.45, 7) is 7.57. The number of carboxylic acids is 1. The van der Waals surface area contributed by atoms with Crippen LogP contribution >= 0.6 is 0 Å². The number of nitrogens with one attached hydrogen (secondary N) is 1. The van der Waals surface area contributed by atoms with Crippen LogP contribution in [0.1, 0.15) is 44.9 Å². The van der Waals surface area contributed by atoms with Gasteiger partial charge in [0.1, 0.15) is 12.1 Å². The number of carboxylic acid groups (broad SMARTS) is 1. The summed E-state index contributed by atoms with van der Waals surface area (Å²) in [5.41, 5.74) is 1.34. The van der Waals surface area contributed by atoms with Gasteiger partial charge in [-0.25, -0.2) is 0 Å². The van der Waals surface area contributed by atoms with Gasteiger partial charge < -0.3 is 5.11 Å². The molecule has 0 saturated carbocycles. The Balaban J connectivity index is 2.55. The highest BCUT2D eigenvalue weighted by Crippen LogP contribution is 2.44. The molecule has 6 heteroatoms. The zero-order valence-corrected chi connectivity index (χ0v) is 13.9. The van der Waals surface area contributed by atoms with Gasteiger partial charge in [0, 0.05) is 4.92 Å². The first kappa shape index (κ1) is 17.4. The van der Waals surface area contributed by atoms with Crippen LogP contribution in [0.2, 0.25) is 0 Å². The lowest BCUT2D eigenvalue weighted by atomic mass is 9.72. The SMILES string of the molecule is CCc1ccccc1C1NC(C(=O)O)C(C(C)(C)C)C1[N+](=O)[O-]. The molecule has 1 aliphatic heterocycles. The Labute approximate surface area is 136 Å². The highest BCUT2D eigenvalue weighted by Gasteiger charge is 2.58. The molecule has 1 fully saturated rings. The van der Waals surface area contributed by atoms with Crippen LogP contribution in [0.5, 0.6) is 0 Å². The fourth-order valence-corrected chi connectivity index (χ4v) is 3.72. The van der Waals surface area contributed by atoms with E-state index in [1.807, 2.05) is 52.0 Å². The summed E-state index contributed by atoms with van der Waals surface area (Å²) in [5.74, 6) is -1.63. The lowest BCUT2D eigenvalue weighted by Crippen LogP contribution is -2.44. The maximum absolute atomic E-state index is 11.8. The quantitative estimate of drug-likeness (QED) is 0.657. The molecule has 1 aromatic carbocycles. The van der Waals surface area contributed by atoms with E-state index in [-0.39, 0.29) is 4.92 Å². The molecule has 4 atom stereocenters. The second-order valence-corrected chi connectivity index (χ2v) is 7.18. The van der Waals surface area contributed by atoms with Gasteiger partial charge in [-0.05, 0) is 23.0 Å². The van der Waals surface area contributed by atoms with E-state index in [2.05, 4.69) is 5.32 Å². The predicted molar refractivity (Wildman–Crippen MR) is 86.8 cm³/mol. The number of aryl methyl sites for hydroxylation is 1. The second kappa shape index (κ2) is 6.28. The van der Waals surface area contributed by atoms with Gasteiger partial charge in [-0.15, -0.1) is 0 Å². The Morgan fingerprint density at radius 1 is 1.35 bits per heavy atom. The van der Waals surface area contributed by atoms with Crippen LogP contribution in [0.25, 0.3) is 0 Å². The molecule has 1 saturated heterocycles. The van der Waals surface area contributed by atoms with Crippen LogP contribution in [0.4, 0.5) is 0 Å². The third-order valence-electron chi connectivity index (χ3n) is 4.71. The predicted octanol–water partition coefficient (Wildman–Crippen LogP) is 2.65. The maximum atomic E-state index is 11.8. The van der Waals surface area contributed by atoms with E-state index in [9.17, 15) is 20.0 Å². The van der Waals surface area contributed by atoms with Gasteiger partial charge in [-0.3, -0.25) is 20.2 Å². The zero-order valence-electron chi connectivity index (χ0n) is 13.9. The molecule has 0 amide bonds. The molecule has 1 aliphatic rings. The molecule has 0 aromatic heterocycles. The van der Waals surface area contributed by atoms with Crippen molar-refractivity contribution in [3.63, 3.8) is 0 Å². The van der Waals surface area contributed by atoms with Crippen LogP contribution in [0.3, 0.4) is 0 Å². The number of benzene rings is 1. The van der Waals surface area contributed by atoms with Gasteiger partial charge in [-0.1, -0.05) is 52.0 Å². The summed E-state index contributed by atoms with van der Waals surface area (Å²) in [7, 11) is 0. The Bertz CT molecular complexity index is 609. The third-order valence-corrected chi connectivity index (χ3v) is 4.71. The minimum atomic E-state index is -1.03. The molecular formula is C17H24N2O4. The van der Waals surface area contributed by atoms with E-state index in [0.717, 1.165) is 17.5 Å². The van der Waals surface area contributed by atoms with E-state index < -0.39 is 35.4 Å². The number of rotatable bonds is 4. The van der Waals surface area contributed by atoms with Crippen LogP contribution in [-0.4, -0.2) is 28.1 Å². The summed E-state index contributed by atoms with van der Waals surface area (Å²) in [5, 5.41) is 24.4. The molecule has 2 rings (SSSR count). The molecule has 1 heterocycles. The molecule has 0 bridgehead atoms. The first-order valence-corrected chi connectivity index (χ1v) is 7.88. The lowest BCUT2D eigenvalue weighted by Gasteiger charge is -2.30. The standard InChI is InChI=1S/C17H24N2O4/c1-5-10-8-6-7-9-11(10)13-15(19(22)23)12(17(2,3)4)14(18-13)16(20)21/h6-9,12-15,18H,5H2,1-4H3,(H,20,21). The molecule has 2 N–H and O–H groups in total. The van der Waals surface area contributed by atoms with E-state index in [4.69, 9.17) is 0 Å². The number of nitro groups is 1. The van der Waals surface area contributed by atoms with Crippen molar-refractivity contribution < 1.29 is 14.8 Å². The molecule has 23 heavy (non-hydrogen) atoms. The Morgan fingerprint density at radius 3 is 2.43 bits per heavy atom. The summed E-state index contributed by atoms with van der Waals surface area (Å²) in [4.78, 5) is 23.1. The average Bonchev–Trinajstić information content (AvgIpc) is 2.88. The van der Waals surface area contributed by atoms with Crippen molar-refractivity contribution in [1.82, 2.24) is 5.32 Å². The van der Waals surface area contributed by atoms with Crippen molar-refractivity contribution in [2.75, 3.05) is 0 Å². The molecule has 1 aromatic rings. The fraction of sp³-hybridized carbons (Fsp3) is 0.588. The lowest BCUT2D eigenvalue weighted by molar-refractivity contribution is -0.535. The molecule has 126 valence electrons. The smallest absolute Gasteiger partial charge is 0.321 e. The van der Waals surface area contributed by atoms with Crippen LogP contribution in [0.15, 0.2) is 24.3 Å². The fourth-order valence-electron chi connectivity index (χ4n) is 3.72. The first-order chi connectivity index (χ1) is 10.7. The summed E-state index contributed by atoms with van der Waals surface area (Å²) >= 11 is 0. The van der Waals surface area contributed by atoms with Crippen molar-refractivity contribution in [1.29, 1.82) is 0 Å². The number of nitrogens with zero attached hydrogens (tertiary/aromatic N) is 1. The van der Waals surface area contributed by atoms with E-state index in [1.165, 1.54) is 0 Å². The topological polar surface area (TPSA) is 92.5 Å². The maximum Gasteiger partial charge on any atom is 0.321 e. The van der Waals surface area contributed by atoms with Crippen molar-refractivity contribution >= 4 is 5.97 Å². The van der Waals surface area contributed by atoms with Crippen LogP contribution in [-0.2, 0) is 11.2 Å². The summed E-state index contributed by atoms with van der Waals surface area (Å²) < 4.78 is 0. The zero-order chi connectivity index (χ0) is 17.4. The van der Waals surface area contributed by atoms with Gasteiger partial charge in [-0.2, -0.15) is 0 Å². The van der Waals surface area contributed by atoms with Crippen LogP contribution < -0.4 is 5.32 Å². The number of hydrogen-bond acceptors (Lipinski definition) is 4. The second-order valence-electron chi connectivity index (χ2n) is 7.18. The molecule has 4 unspecified atom stereocenters. The third kappa shape index (κ3) is 3.22. The molecular weight excluding hydrogens is 296 g/mol. The number of aliphatic carboxylic acids is 1. The van der Waals surface area contributed by atoms with E-state index >= 15 is 0 Å². The van der Waals surface area contributed by atoms with Crippen molar-refractivity contribution in [2.45, 2.75) is 52.2 Å². The minimum absolute atomic E-state index is 0.317. The molecule has 0 spiro atoms. The van der Waals surface area contributed by atoms with Gasteiger partial charge in [0.05, 0.1) is 5.92 Å². The first-order valence-electron chi connectivity index (χ1n) is 7.88. The van der Waals surface area contributed by atoms with Crippen molar-refractivity contribution in [2.24, 2.45) is 11.3 Å². The average molecular weight is 320 g/mol. The number of hydrogen-bond donors (Lipinski definition) is 2. The van der Waals surface area contributed by atoms with Crippen molar-refractivity contribution in [3.05, 3.63) is 45.5 Å². The van der Waals surface area contributed by atoms with Gasteiger partial charge in [0.15, 0.2) is 0 Å². The summed E-state index contributed by atoms with van der Waals surface area (Å²) in [6.07, 6.45) is 0.747. The van der Waals surface area contributed by atoms with E-state index in [1.54, 1.807) is 0 Å².